The highest BCUT2D eigenvalue weighted by Crippen LogP contribution is 2.09. The topological polar surface area (TPSA) is 60.7 Å². The summed E-state index contributed by atoms with van der Waals surface area (Å²) in [6, 6.07) is 21.5. The molecule has 0 saturated heterocycles. The van der Waals surface area contributed by atoms with Crippen LogP contribution in [0.25, 0.3) is 0 Å². The van der Waals surface area contributed by atoms with Gasteiger partial charge in [-0.15, -0.1) is 0 Å². The number of rotatable bonds is 0. The number of hydrogen-bond acceptors (Lipinski definition) is 3. The maximum atomic E-state index is 8.81. The maximum absolute atomic E-state index is 8.81. The van der Waals surface area contributed by atoms with Crippen molar-refractivity contribution in [2.75, 3.05) is 0 Å². The van der Waals surface area contributed by atoms with Crippen molar-refractivity contribution in [3.05, 3.63) is 89.5 Å². The van der Waals surface area contributed by atoms with Crippen molar-refractivity contribution in [2.45, 2.75) is 20.8 Å². The van der Waals surface area contributed by atoms with Gasteiger partial charge in [-0.25, -0.2) is 0 Å². The molecule has 0 fully saturated rings. The minimum atomic E-state index is 0.338. The van der Waals surface area contributed by atoms with Crippen molar-refractivity contribution >= 4 is 0 Å². The zero-order chi connectivity index (χ0) is 17.9. The molecular formula is C21H24O3. The third-order valence-corrected chi connectivity index (χ3v) is 3.00. The normalized spacial score (nSPS) is 9.12. The average molecular weight is 324 g/mol. The smallest absolute Gasteiger partial charge is 0.115 e. The molecule has 0 atom stereocenters. The van der Waals surface area contributed by atoms with Crippen LogP contribution in [0.3, 0.4) is 0 Å². The number of aromatic hydroxyl groups is 3. The molecule has 0 bridgehead atoms. The molecular weight excluding hydrogens is 300 g/mol. The van der Waals surface area contributed by atoms with Crippen LogP contribution in [0.1, 0.15) is 16.7 Å². The van der Waals surface area contributed by atoms with Crippen LogP contribution in [0, 0.1) is 20.8 Å². The Morgan fingerprint density at radius 2 is 0.708 bits per heavy atom. The molecule has 3 aromatic rings. The van der Waals surface area contributed by atoms with Gasteiger partial charge >= 0.3 is 0 Å². The van der Waals surface area contributed by atoms with Gasteiger partial charge in [-0.2, -0.15) is 0 Å². The van der Waals surface area contributed by atoms with Crippen molar-refractivity contribution in [3.63, 3.8) is 0 Å². The van der Waals surface area contributed by atoms with E-state index in [9.17, 15) is 0 Å². The van der Waals surface area contributed by atoms with Crippen LogP contribution in [0.4, 0.5) is 0 Å². The van der Waals surface area contributed by atoms with E-state index in [-0.39, 0.29) is 0 Å². The summed E-state index contributed by atoms with van der Waals surface area (Å²) in [7, 11) is 0. The van der Waals surface area contributed by atoms with E-state index in [4.69, 9.17) is 15.3 Å². The van der Waals surface area contributed by atoms with Gasteiger partial charge in [-0.1, -0.05) is 36.4 Å². The molecule has 3 N–H and O–H groups in total. The van der Waals surface area contributed by atoms with Gasteiger partial charge in [-0.3, -0.25) is 0 Å². The van der Waals surface area contributed by atoms with Crippen molar-refractivity contribution in [2.24, 2.45) is 0 Å². The molecule has 0 aromatic heterocycles. The van der Waals surface area contributed by atoms with Crippen molar-refractivity contribution < 1.29 is 15.3 Å². The van der Waals surface area contributed by atoms with Gasteiger partial charge in [0, 0.05) is 0 Å². The minimum absolute atomic E-state index is 0.338. The Hall–Kier alpha value is -2.94. The van der Waals surface area contributed by atoms with E-state index in [1.54, 1.807) is 36.4 Å². The fourth-order valence-electron chi connectivity index (χ4n) is 1.88. The largest absolute Gasteiger partial charge is 0.508 e. The van der Waals surface area contributed by atoms with Gasteiger partial charge in [0.1, 0.15) is 17.2 Å². The molecule has 0 heterocycles. The predicted octanol–water partition coefficient (Wildman–Crippen LogP) is 5.10. The lowest BCUT2D eigenvalue weighted by Gasteiger charge is -1.89. The molecule has 0 spiro atoms. The van der Waals surface area contributed by atoms with Crippen molar-refractivity contribution in [1.82, 2.24) is 0 Å². The fourth-order valence-corrected chi connectivity index (χ4v) is 1.88. The number of aryl methyl sites for hydroxylation is 3. The molecule has 0 radical (unpaired) electrons. The molecule has 0 aliphatic rings. The maximum Gasteiger partial charge on any atom is 0.115 e. The molecule has 0 amide bonds. The van der Waals surface area contributed by atoms with Crippen molar-refractivity contribution in [3.8, 4) is 17.2 Å². The molecule has 3 rings (SSSR count). The minimum Gasteiger partial charge on any atom is -0.508 e. The van der Waals surface area contributed by atoms with Crippen LogP contribution in [0.15, 0.2) is 72.8 Å². The quantitative estimate of drug-likeness (QED) is 0.539. The first kappa shape index (κ1) is 19.1. The van der Waals surface area contributed by atoms with E-state index >= 15 is 0 Å². The summed E-state index contributed by atoms with van der Waals surface area (Å²) in [6.07, 6.45) is 0. The second kappa shape index (κ2) is 9.95. The first-order valence-electron chi connectivity index (χ1n) is 7.63. The monoisotopic (exact) mass is 324 g/mol. The highest BCUT2D eigenvalue weighted by atomic mass is 16.3. The zero-order valence-corrected chi connectivity index (χ0v) is 14.3. The number of benzene rings is 3. The van der Waals surface area contributed by atoms with E-state index in [0.717, 1.165) is 16.7 Å². The molecule has 126 valence electrons. The molecule has 0 aliphatic carbocycles. The van der Waals surface area contributed by atoms with Gasteiger partial charge in [0.2, 0.25) is 0 Å². The van der Waals surface area contributed by atoms with Crippen LogP contribution in [-0.2, 0) is 0 Å². The highest BCUT2D eigenvalue weighted by Gasteiger charge is 1.84. The SMILES string of the molecule is Cc1cccc(O)c1.Cc1cccc(O)c1.Cc1cccc(O)c1. The predicted molar refractivity (Wildman–Crippen MR) is 98.5 cm³/mol. The number of phenols is 3. The molecule has 0 saturated carbocycles. The number of phenolic OH excluding ortho intramolecular Hbond substituents is 3. The molecule has 3 nitrogen and oxygen atoms in total. The number of hydrogen-bond donors (Lipinski definition) is 3. The second-order valence-electron chi connectivity index (χ2n) is 5.52. The lowest BCUT2D eigenvalue weighted by Crippen LogP contribution is -1.66. The Morgan fingerprint density at radius 1 is 0.458 bits per heavy atom. The molecule has 3 heteroatoms. The van der Waals surface area contributed by atoms with Crippen LogP contribution >= 0.6 is 0 Å². The summed E-state index contributed by atoms with van der Waals surface area (Å²) < 4.78 is 0. The third kappa shape index (κ3) is 8.49. The molecule has 3 aromatic carbocycles. The van der Waals surface area contributed by atoms with Gasteiger partial charge < -0.3 is 15.3 Å². The van der Waals surface area contributed by atoms with Gasteiger partial charge in [0.15, 0.2) is 0 Å². The van der Waals surface area contributed by atoms with Gasteiger partial charge in [0.25, 0.3) is 0 Å². The highest BCUT2D eigenvalue weighted by molar-refractivity contribution is 5.26. The molecule has 0 aliphatic heterocycles. The van der Waals surface area contributed by atoms with Crippen LogP contribution in [-0.4, -0.2) is 15.3 Å². The van der Waals surface area contributed by atoms with Crippen molar-refractivity contribution in [1.29, 1.82) is 0 Å². The van der Waals surface area contributed by atoms with E-state index in [0.29, 0.717) is 17.2 Å². The van der Waals surface area contributed by atoms with Gasteiger partial charge in [0.05, 0.1) is 0 Å². The summed E-state index contributed by atoms with van der Waals surface area (Å²) in [5.41, 5.74) is 3.26. The fraction of sp³-hybridized carbons (Fsp3) is 0.143. The lowest BCUT2D eigenvalue weighted by atomic mass is 10.2. The summed E-state index contributed by atoms with van der Waals surface area (Å²) in [4.78, 5) is 0. The third-order valence-electron chi connectivity index (χ3n) is 3.00. The Kier molecular flexibility index (Phi) is 7.92. The van der Waals surface area contributed by atoms with Gasteiger partial charge in [-0.05, 0) is 73.9 Å². The van der Waals surface area contributed by atoms with E-state index < -0.39 is 0 Å². The van der Waals surface area contributed by atoms with E-state index in [2.05, 4.69) is 0 Å². The Balaban J connectivity index is 0.000000180. The summed E-state index contributed by atoms with van der Waals surface area (Å²) in [5.74, 6) is 1.01. The first-order chi connectivity index (χ1) is 11.4. The lowest BCUT2D eigenvalue weighted by molar-refractivity contribution is 0.474. The van der Waals surface area contributed by atoms with E-state index in [1.807, 2.05) is 57.2 Å². The average Bonchev–Trinajstić information content (AvgIpc) is 2.47. The Morgan fingerprint density at radius 3 is 0.833 bits per heavy atom. The second-order valence-corrected chi connectivity index (χ2v) is 5.52. The Bertz CT molecular complexity index is 596. The molecule has 24 heavy (non-hydrogen) atoms. The summed E-state index contributed by atoms with van der Waals surface area (Å²) in [6.45, 7) is 5.83. The zero-order valence-electron chi connectivity index (χ0n) is 14.3. The van der Waals surface area contributed by atoms with Crippen LogP contribution in [0.2, 0.25) is 0 Å². The Labute approximate surface area is 143 Å². The molecule has 0 unspecified atom stereocenters. The first-order valence-corrected chi connectivity index (χ1v) is 7.63. The van der Waals surface area contributed by atoms with Crippen LogP contribution < -0.4 is 0 Å². The van der Waals surface area contributed by atoms with Crippen LogP contribution in [0.5, 0.6) is 17.2 Å². The van der Waals surface area contributed by atoms with E-state index in [1.165, 1.54) is 0 Å². The summed E-state index contributed by atoms with van der Waals surface area (Å²) >= 11 is 0. The standard InChI is InChI=1S/3C7H8O/c3*1-6-3-2-4-7(8)5-6/h3*2-5,8H,1H3. The summed E-state index contributed by atoms with van der Waals surface area (Å²) in [5, 5.41) is 26.4.